The predicted molar refractivity (Wildman–Crippen MR) is 83.0 cm³/mol. The first-order valence-electron chi connectivity index (χ1n) is 7.02. The molecular formula is C16H26BN. The van der Waals surface area contributed by atoms with Gasteiger partial charge in [0, 0.05) is 18.2 Å². The van der Waals surface area contributed by atoms with E-state index in [9.17, 15) is 0 Å². The van der Waals surface area contributed by atoms with Crippen LogP contribution in [0.5, 0.6) is 0 Å². The molecule has 0 amide bonds. The van der Waals surface area contributed by atoms with Gasteiger partial charge in [0.2, 0.25) is 0 Å². The Kier molecular flexibility index (Phi) is 6.04. The number of hydrogen-bond acceptors (Lipinski definition) is 1. The molecule has 0 bridgehead atoms. The number of rotatable bonds is 7. The average molecular weight is 243 g/mol. The molecule has 1 nitrogen and oxygen atoms in total. The highest BCUT2D eigenvalue weighted by Gasteiger charge is 2.22. The summed E-state index contributed by atoms with van der Waals surface area (Å²) in [5.74, 6) is 0.590. The molecule has 1 unspecified atom stereocenters. The molecular weight excluding hydrogens is 217 g/mol. The Labute approximate surface area is 113 Å². The van der Waals surface area contributed by atoms with Gasteiger partial charge in [0.05, 0.1) is 0 Å². The SMILES string of the molecule is C=C(C)N(Cc1ccccc1)C(CCC)B(C)C. The highest BCUT2D eigenvalue weighted by molar-refractivity contribution is 6.57. The zero-order valence-corrected chi connectivity index (χ0v) is 12.3. The molecule has 1 atom stereocenters. The Bertz CT molecular complexity index is 359. The van der Waals surface area contributed by atoms with E-state index in [1.807, 2.05) is 0 Å². The highest BCUT2D eigenvalue weighted by atomic mass is 15.1. The molecule has 0 fully saturated rings. The maximum Gasteiger partial charge on any atom is 0.161 e. The number of benzene rings is 1. The molecule has 0 aliphatic heterocycles. The van der Waals surface area contributed by atoms with E-state index < -0.39 is 0 Å². The van der Waals surface area contributed by atoms with Gasteiger partial charge in [-0.1, -0.05) is 63.9 Å². The zero-order chi connectivity index (χ0) is 13.5. The predicted octanol–water partition coefficient (Wildman–Crippen LogP) is 4.48. The Hall–Kier alpha value is -1.18. The summed E-state index contributed by atoms with van der Waals surface area (Å²) in [6.45, 7) is 14.8. The van der Waals surface area contributed by atoms with E-state index in [0.29, 0.717) is 12.7 Å². The summed E-state index contributed by atoms with van der Waals surface area (Å²) < 4.78 is 0. The molecule has 2 heteroatoms. The maximum absolute atomic E-state index is 4.16. The van der Waals surface area contributed by atoms with Gasteiger partial charge < -0.3 is 4.90 Å². The van der Waals surface area contributed by atoms with Crippen LogP contribution >= 0.6 is 0 Å². The van der Waals surface area contributed by atoms with Crippen LogP contribution in [0.15, 0.2) is 42.6 Å². The second-order valence-electron chi connectivity index (χ2n) is 5.45. The van der Waals surface area contributed by atoms with Crippen LogP contribution in [0.25, 0.3) is 0 Å². The molecule has 0 aliphatic rings. The van der Waals surface area contributed by atoms with Crippen molar-refractivity contribution in [1.29, 1.82) is 0 Å². The van der Waals surface area contributed by atoms with Crippen molar-refractivity contribution in [3.8, 4) is 0 Å². The Balaban J connectivity index is 2.84. The lowest BCUT2D eigenvalue weighted by atomic mass is 9.47. The first kappa shape index (κ1) is 14.9. The van der Waals surface area contributed by atoms with Gasteiger partial charge in [0.1, 0.15) is 0 Å². The molecule has 18 heavy (non-hydrogen) atoms. The standard InChI is InChI=1S/C16H26BN/c1-6-10-16(17(4)5)18(14(2)3)13-15-11-8-7-9-12-15/h7-9,11-12,16H,2,6,10,13H2,1,3-5H3. The quantitative estimate of drug-likeness (QED) is 0.638. The van der Waals surface area contributed by atoms with Crippen molar-refractivity contribution in [3.63, 3.8) is 0 Å². The minimum atomic E-state index is 0.590. The summed E-state index contributed by atoms with van der Waals surface area (Å²) in [5, 5.41) is 0. The van der Waals surface area contributed by atoms with Gasteiger partial charge in [-0.25, -0.2) is 0 Å². The summed E-state index contributed by atoms with van der Waals surface area (Å²) in [7, 11) is 0. The van der Waals surface area contributed by atoms with Gasteiger partial charge in [0.15, 0.2) is 6.71 Å². The van der Waals surface area contributed by atoms with Crippen LogP contribution in [0.3, 0.4) is 0 Å². The maximum atomic E-state index is 4.16. The third-order valence-electron chi connectivity index (χ3n) is 3.44. The van der Waals surface area contributed by atoms with E-state index in [0.717, 1.165) is 6.54 Å². The second kappa shape index (κ2) is 7.30. The second-order valence-corrected chi connectivity index (χ2v) is 5.45. The zero-order valence-electron chi connectivity index (χ0n) is 12.3. The van der Waals surface area contributed by atoms with Crippen LogP contribution in [0.1, 0.15) is 32.3 Å². The molecule has 0 aromatic heterocycles. The molecule has 0 spiro atoms. The van der Waals surface area contributed by atoms with E-state index in [-0.39, 0.29) is 0 Å². The van der Waals surface area contributed by atoms with Crippen LogP contribution in [-0.4, -0.2) is 17.6 Å². The number of hydrogen-bond donors (Lipinski definition) is 0. The van der Waals surface area contributed by atoms with E-state index in [2.05, 4.69) is 69.3 Å². The lowest BCUT2D eigenvalue weighted by Crippen LogP contribution is -2.41. The topological polar surface area (TPSA) is 3.24 Å². The fourth-order valence-corrected chi connectivity index (χ4v) is 2.46. The molecule has 0 saturated heterocycles. The molecule has 0 heterocycles. The van der Waals surface area contributed by atoms with E-state index in [1.165, 1.54) is 24.1 Å². The molecule has 1 rings (SSSR count). The summed E-state index contributed by atoms with van der Waals surface area (Å²) >= 11 is 0. The van der Waals surface area contributed by atoms with Gasteiger partial charge in [0.25, 0.3) is 0 Å². The number of allylic oxidation sites excluding steroid dienone is 1. The van der Waals surface area contributed by atoms with Crippen LogP contribution in [0.2, 0.25) is 13.6 Å². The third kappa shape index (κ3) is 4.25. The Morgan fingerprint density at radius 1 is 1.28 bits per heavy atom. The van der Waals surface area contributed by atoms with Crippen LogP contribution in [0.4, 0.5) is 0 Å². The normalized spacial score (nSPS) is 12.0. The Morgan fingerprint density at radius 2 is 1.89 bits per heavy atom. The summed E-state index contributed by atoms with van der Waals surface area (Å²) in [6.07, 6.45) is 2.46. The van der Waals surface area contributed by atoms with Crippen LogP contribution in [-0.2, 0) is 6.54 Å². The summed E-state index contributed by atoms with van der Waals surface area (Å²) in [5.41, 5.74) is 2.54. The number of nitrogens with zero attached hydrogens (tertiary/aromatic N) is 1. The van der Waals surface area contributed by atoms with E-state index in [1.54, 1.807) is 0 Å². The van der Waals surface area contributed by atoms with Gasteiger partial charge in [-0.2, -0.15) is 0 Å². The first-order chi connectivity index (χ1) is 8.56. The first-order valence-corrected chi connectivity index (χ1v) is 7.02. The van der Waals surface area contributed by atoms with Crippen molar-refractivity contribution in [2.45, 2.75) is 52.8 Å². The van der Waals surface area contributed by atoms with E-state index in [4.69, 9.17) is 0 Å². The van der Waals surface area contributed by atoms with Crippen molar-refractivity contribution in [2.24, 2.45) is 0 Å². The highest BCUT2D eigenvalue weighted by Crippen LogP contribution is 2.19. The minimum absolute atomic E-state index is 0.590. The van der Waals surface area contributed by atoms with Crippen molar-refractivity contribution in [3.05, 3.63) is 48.2 Å². The lowest BCUT2D eigenvalue weighted by Gasteiger charge is -2.36. The molecule has 1 aromatic carbocycles. The Morgan fingerprint density at radius 3 is 2.33 bits per heavy atom. The smallest absolute Gasteiger partial charge is 0.161 e. The van der Waals surface area contributed by atoms with Gasteiger partial charge in [-0.3, -0.25) is 0 Å². The van der Waals surface area contributed by atoms with Crippen LogP contribution < -0.4 is 0 Å². The largest absolute Gasteiger partial charge is 0.376 e. The van der Waals surface area contributed by atoms with Crippen molar-refractivity contribution >= 4 is 6.71 Å². The molecule has 0 N–H and O–H groups in total. The van der Waals surface area contributed by atoms with Crippen molar-refractivity contribution < 1.29 is 0 Å². The van der Waals surface area contributed by atoms with Crippen LogP contribution in [0, 0.1) is 0 Å². The monoisotopic (exact) mass is 243 g/mol. The van der Waals surface area contributed by atoms with E-state index >= 15 is 0 Å². The van der Waals surface area contributed by atoms with Crippen molar-refractivity contribution in [1.82, 2.24) is 4.90 Å². The molecule has 0 saturated carbocycles. The summed E-state index contributed by atoms with van der Waals surface area (Å²) in [6, 6.07) is 10.7. The molecule has 0 aliphatic carbocycles. The fraction of sp³-hybridized carbons (Fsp3) is 0.500. The lowest BCUT2D eigenvalue weighted by molar-refractivity contribution is 0.292. The fourth-order valence-electron chi connectivity index (χ4n) is 2.46. The third-order valence-corrected chi connectivity index (χ3v) is 3.44. The summed E-state index contributed by atoms with van der Waals surface area (Å²) in [4.78, 5) is 2.46. The molecule has 0 radical (unpaired) electrons. The molecule has 98 valence electrons. The average Bonchev–Trinajstić information content (AvgIpc) is 2.34. The van der Waals surface area contributed by atoms with Gasteiger partial charge in [-0.15, -0.1) is 0 Å². The minimum Gasteiger partial charge on any atom is -0.376 e. The van der Waals surface area contributed by atoms with Gasteiger partial charge >= 0.3 is 0 Å². The van der Waals surface area contributed by atoms with Gasteiger partial charge in [-0.05, 0) is 18.9 Å². The molecule has 1 aromatic rings. The van der Waals surface area contributed by atoms with Crippen molar-refractivity contribution in [2.75, 3.05) is 0 Å².